The third kappa shape index (κ3) is 4.76. The third-order valence-corrected chi connectivity index (χ3v) is 6.12. The fourth-order valence-corrected chi connectivity index (χ4v) is 4.16. The minimum absolute atomic E-state index is 0.127. The van der Waals surface area contributed by atoms with Gasteiger partial charge in [-0.05, 0) is 48.5 Å². The first-order valence-electron chi connectivity index (χ1n) is 10.5. The van der Waals surface area contributed by atoms with Gasteiger partial charge in [-0.15, -0.1) is 0 Å². The van der Waals surface area contributed by atoms with Crippen LogP contribution in [0.1, 0.15) is 39.1 Å². The van der Waals surface area contributed by atoms with Crippen LogP contribution in [0.15, 0.2) is 84.4 Å². The first-order chi connectivity index (χ1) is 16.3. The number of rotatable bonds is 7. The van der Waals surface area contributed by atoms with Crippen molar-refractivity contribution in [1.29, 1.82) is 0 Å². The van der Waals surface area contributed by atoms with E-state index in [0.29, 0.717) is 26.7 Å². The lowest BCUT2D eigenvalue weighted by Crippen LogP contribution is -2.42. The lowest BCUT2D eigenvalue weighted by Gasteiger charge is -2.26. The molecule has 7 heteroatoms. The predicted molar refractivity (Wildman–Crippen MR) is 130 cm³/mol. The van der Waals surface area contributed by atoms with Crippen molar-refractivity contribution in [1.82, 2.24) is 0 Å². The Morgan fingerprint density at radius 2 is 1.44 bits per heavy atom. The van der Waals surface area contributed by atoms with E-state index in [1.165, 1.54) is 7.11 Å². The summed E-state index contributed by atoms with van der Waals surface area (Å²) < 4.78 is 11.2. The fraction of sp³-hybridized carbons (Fsp3) is 0.148. The molecule has 172 valence electrons. The summed E-state index contributed by atoms with van der Waals surface area (Å²) in [6.07, 6.45) is -0.421. The second-order valence-electron chi connectivity index (χ2n) is 7.88. The van der Waals surface area contributed by atoms with E-state index >= 15 is 0 Å². The molecule has 0 fully saturated rings. The molecule has 0 radical (unpaired) electrons. The topological polar surface area (TPSA) is 69.7 Å². The van der Waals surface area contributed by atoms with Crippen molar-refractivity contribution in [2.45, 2.75) is 18.4 Å². The van der Waals surface area contributed by atoms with Gasteiger partial charge in [-0.2, -0.15) is 0 Å². The first kappa shape index (κ1) is 23.7. The molecule has 1 unspecified atom stereocenters. The van der Waals surface area contributed by atoms with Gasteiger partial charge in [0, 0.05) is 38.7 Å². The Labute approximate surface area is 206 Å². The molecule has 0 saturated carbocycles. The summed E-state index contributed by atoms with van der Waals surface area (Å²) in [6.45, 7) is 0. The zero-order valence-corrected chi connectivity index (χ0v) is 19.7. The minimum atomic E-state index is -1.69. The zero-order valence-electron chi connectivity index (χ0n) is 18.2. The molecule has 1 atom stereocenters. The van der Waals surface area contributed by atoms with Gasteiger partial charge in [-0.25, -0.2) is 4.79 Å². The molecule has 0 aromatic heterocycles. The van der Waals surface area contributed by atoms with Crippen LogP contribution in [0.4, 0.5) is 0 Å². The number of carbonyl (C=O) groups excluding carboxylic acids is 3. The van der Waals surface area contributed by atoms with E-state index in [0.717, 1.165) is 0 Å². The molecule has 0 spiro atoms. The zero-order chi connectivity index (χ0) is 24.3. The maximum Gasteiger partial charge on any atom is 0.351 e. The van der Waals surface area contributed by atoms with E-state index in [4.69, 9.17) is 32.7 Å². The quantitative estimate of drug-likeness (QED) is 0.289. The van der Waals surface area contributed by atoms with Gasteiger partial charge in [0.1, 0.15) is 5.76 Å². The number of ether oxygens (including phenoxy) is 2. The van der Waals surface area contributed by atoms with Gasteiger partial charge < -0.3 is 9.47 Å². The Bertz CT molecular complexity index is 1260. The molecule has 1 heterocycles. The second kappa shape index (κ2) is 9.84. The molecule has 0 bridgehead atoms. The molecule has 0 amide bonds. The van der Waals surface area contributed by atoms with Crippen molar-refractivity contribution < 1.29 is 23.9 Å². The van der Waals surface area contributed by atoms with E-state index in [2.05, 4.69) is 0 Å². The van der Waals surface area contributed by atoms with Gasteiger partial charge in [0.25, 0.3) is 0 Å². The molecule has 0 aliphatic carbocycles. The van der Waals surface area contributed by atoms with Crippen LogP contribution >= 0.6 is 23.2 Å². The van der Waals surface area contributed by atoms with E-state index < -0.39 is 11.6 Å². The van der Waals surface area contributed by atoms with E-state index in [1.54, 1.807) is 78.9 Å². The van der Waals surface area contributed by atoms with Crippen LogP contribution in [0.5, 0.6) is 0 Å². The summed E-state index contributed by atoms with van der Waals surface area (Å²) in [5.41, 5.74) is -0.0615. The highest BCUT2D eigenvalue weighted by atomic mass is 35.5. The van der Waals surface area contributed by atoms with Crippen LogP contribution in [-0.2, 0) is 14.3 Å². The highest BCUT2D eigenvalue weighted by molar-refractivity contribution is 6.31. The summed E-state index contributed by atoms with van der Waals surface area (Å²) in [4.78, 5) is 39.6. The minimum Gasteiger partial charge on any atom is -0.474 e. The monoisotopic (exact) mass is 494 g/mol. The molecular formula is C27H20Cl2O5. The first-order valence-corrected chi connectivity index (χ1v) is 11.2. The SMILES string of the molecule is COC(=O)C1(CC(=O)c2ccccc2)CC(C(=O)c2ccc(Cl)cc2)=C(c2ccc(Cl)cc2)O1. The summed E-state index contributed by atoms with van der Waals surface area (Å²) in [5, 5.41) is 0.995. The number of halogens is 2. The van der Waals surface area contributed by atoms with Crippen LogP contribution in [-0.4, -0.2) is 30.2 Å². The number of benzene rings is 3. The van der Waals surface area contributed by atoms with Crippen molar-refractivity contribution >= 4 is 46.5 Å². The van der Waals surface area contributed by atoms with Gasteiger partial charge in [-0.1, -0.05) is 53.5 Å². The van der Waals surface area contributed by atoms with Crippen LogP contribution < -0.4 is 0 Å². The molecule has 3 aromatic carbocycles. The predicted octanol–water partition coefficient (Wildman–Crippen LogP) is 6.19. The van der Waals surface area contributed by atoms with Crippen LogP contribution in [0, 0.1) is 0 Å². The summed E-state index contributed by atoms with van der Waals surface area (Å²) in [7, 11) is 1.22. The summed E-state index contributed by atoms with van der Waals surface area (Å²) in [6, 6.07) is 21.7. The Morgan fingerprint density at radius 3 is 2.03 bits per heavy atom. The molecule has 1 aliphatic rings. The van der Waals surface area contributed by atoms with Gasteiger partial charge in [0.15, 0.2) is 11.6 Å². The largest absolute Gasteiger partial charge is 0.474 e. The third-order valence-electron chi connectivity index (χ3n) is 5.62. The van der Waals surface area contributed by atoms with Crippen LogP contribution in [0.25, 0.3) is 5.76 Å². The molecular weight excluding hydrogens is 475 g/mol. The molecule has 1 aliphatic heterocycles. The summed E-state index contributed by atoms with van der Waals surface area (Å²) in [5.74, 6) is -1.16. The normalized spacial score (nSPS) is 17.3. The van der Waals surface area contributed by atoms with Gasteiger partial charge in [0.2, 0.25) is 5.60 Å². The fourth-order valence-electron chi connectivity index (χ4n) is 3.91. The number of methoxy groups -OCH3 is 1. The van der Waals surface area contributed by atoms with E-state index in [-0.39, 0.29) is 35.7 Å². The van der Waals surface area contributed by atoms with Crippen LogP contribution in [0.3, 0.4) is 0 Å². The van der Waals surface area contributed by atoms with Gasteiger partial charge in [-0.3, -0.25) is 9.59 Å². The van der Waals surface area contributed by atoms with Crippen LogP contribution in [0.2, 0.25) is 10.0 Å². The molecule has 0 N–H and O–H groups in total. The average Bonchev–Trinajstić information content (AvgIpc) is 3.25. The Morgan fingerprint density at radius 1 is 0.853 bits per heavy atom. The standard InChI is InChI=1S/C27H20Cl2O5/c1-33-26(32)27(16-23(30)17-5-3-2-4-6-17)15-22(24(31)18-7-11-20(28)12-8-18)25(34-27)19-9-13-21(29)14-10-19/h2-14H,15-16H2,1H3. The maximum absolute atomic E-state index is 13.5. The lowest BCUT2D eigenvalue weighted by atomic mass is 9.86. The maximum atomic E-state index is 13.5. The number of hydrogen-bond donors (Lipinski definition) is 0. The smallest absolute Gasteiger partial charge is 0.351 e. The van der Waals surface area contributed by atoms with E-state index in [9.17, 15) is 14.4 Å². The van der Waals surface area contributed by atoms with Crippen molar-refractivity contribution in [3.8, 4) is 0 Å². The number of esters is 1. The molecule has 4 rings (SSSR count). The molecule has 0 saturated heterocycles. The Kier molecular flexibility index (Phi) is 6.87. The van der Waals surface area contributed by atoms with Gasteiger partial charge in [0.05, 0.1) is 13.5 Å². The number of ketones is 2. The van der Waals surface area contributed by atoms with Crippen molar-refractivity contribution in [3.05, 3.63) is 111 Å². The number of Topliss-reactive ketones (excluding diaryl/α,β-unsaturated/α-hetero) is 2. The van der Waals surface area contributed by atoms with Crippen molar-refractivity contribution in [2.75, 3.05) is 7.11 Å². The van der Waals surface area contributed by atoms with E-state index in [1.807, 2.05) is 0 Å². The summed E-state index contributed by atoms with van der Waals surface area (Å²) >= 11 is 12.0. The number of carbonyl (C=O) groups is 3. The van der Waals surface area contributed by atoms with Gasteiger partial charge >= 0.3 is 5.97 Å². The Balaban J connectivity index is 1.78. The lowest BCUT2D eigenvalue weighted by molar-refractivity contribution is -0.159. The molecule has 5 nitrogen and oxygen atoms in total. The van der Waals surface area contributed by atoms with Crippen molar-refractivity contribution in [3.63, 3.8) is 0 Å². The molecule has 3 aromatic rings. The second-order valence-corrected chi connectivity index (χ2v) is 8.75. The highest BCUT2D eigenvalue weighted by Crippen LogP contribution is 2.44. The molecule has 34 heavy (non-hydrogen) atoms. The van der Waals surface area contributed by atoms with Crippen molar-refractivity contribution in [2.24, 2.45) is 0 Å². The Hall–Kier alpha value is -3.41. The number of hydrogen-bond acceptors (Lipinski definition) is 5. The highest BCUT2D eigenvalue weighted by Gasteiger charge is 2.51. The average molecular weight is 495 g/mol.